The first-order chi connectivity index (χ1) is 11.7. The van der Waals surface area contributed by atoms with Gasteiger partial charge >= 0.3 is 6.03 Å². The van der Waals surface area contributed by atoms with Gasteiger partial charge in [-0.1, -0.05) is 23.2 Å². The number of amides is 2. The van der Waals surface area contributed by atoms with Crippen LogP contribution in [0.3, 0.4) is 0 Å². The molecule has 0 saturated heterocycles. The van der Waals surface area contributed by atoms with Crippen molar-refractivity contribution in [2.75, 3.05) is 18.1 Å². The third-order valence-electron chi connectivity index (χ3n) is 4.00. The molecule has 1 aliphatic heterocycles. The Morgan fingerprint density at radius 1 is 1.24 bits per heavy atom. The molecule has 2 aromatic carbocycles. The number of anilines is 1. The molecule has 1 unspecified atom stereocenters. The van der Waals surface area contributed by atoms with Gasteiger partial charge in [-0.05, 0) is 42.0 Å². The van der Waals surface area contributed by atoms with Crippen LogP contribution in [0.2, 0.25) is 10.0 Å². The average molecular weight is 403 g/mol. The summed E-state index contributed by atoms with van der Waals surface area (Å²) in [5.74, 6) is -0.824. The van der Waals surface area contributed by atoms with Crippen LogP contribution in [-0.4, -0.2) is 32.1 Å². The van der Waals surface area contributed by atoms with Gasteiger partial charge in [-0.15, -0.1) is 0 Å². The first kappa shape index (κ1) is 18.0. The molecule has 25 heavy (non-hydrogen) atoms. The van der Waals surface area contributed by atoms with Gasteiger partial charge in [-0.2, -0.15) is 0 Å². The largest absolute Gasteiger partial charge is 0.322 e. The van der Waals surface area contributed by atoms with Crippen molar-refractivity contribution in [2.24, 2.45) is 0 Å². The Kier molecular flexibility index (Phi) is 4.66. The molecule has 0 radical (unpaired) electrons. The molecule has 2 aromatic rings. The van der Waals surface area contributed by atoms with Crippen LogP contribution in [0, 0.1) is 5.82 Å². The van der Waals surface area contributed by atoms with Crippen molar-refractivity contribution in [2.45, 2.75) is 10.9 Å². The number of urea groups is 1. The Bertz CT molecular complexity index is 966. The number of nitrogens with zero attached hydrogens (tertiary/aromatic N) is 1. The van der Waals surface area contributed by atoms with Crippen LogP contribution < -0.4 is 5.32 Å². The zero-order valence-electron chi connectivity index (χ0n) is 13.0. The molecule has 1 heterocycles. The van der Waals surface area contributed by atoms with E-state index in [-0.39, 0.29) is 15.7 Å². The number of nitrogens with one attached hydrogen (secondary N) is 1. The van der Waals surface area contributed by atoms with Gasteiger partial charge in [0.05, 0.1) is 21.7 Å². The molecule has 3 rings (SSSR count). The van der Waals surface area contributed by atoms with Crippen molar-refractivity contribution >= 4 is 44.8 Å². The number of carbonyl (C=O) groups is 1. The van der Waals surface area contributed by atoms with Crippen LogP contribution in [0.4, 0.5) is 14.9 Å². The molecule has 0 fully saturated rings. The summed E-state index contributed by atoms with van der Waals surface area (Å²) in [6, 6.07) is 7.05. The van der Waals surface area contributed by atoms with Crippen molar-refractivity contribution in [1.82, 2.24) is 4.90 Å². The quantitative estimate of drug-likeness (QED) is 0.820. The fourth-order valence-corrected chi connectivity index (χ4v) is 4.89. The maximum atomic E-state index is 13.2. The zero-order valence-corrected chi connectivity index (χ0v) is 15.3. The van der Waals surface area contributed by atoms with Gasteiger partial charge in [-0.25, -0.2) is 17.6 Å². The SMILES string of the molecule is CN(C(=O)Nc1ccc(F)c(Cl)c1)C1CS(=O)(=O)c2ccc(Cl)cc21. The van der Waals surface area contributed by atoms with Gasteiger partial charge in [0, 0.05) is 17.8 Å². The number of halogens is 3. The fourth-order valence-electron chi connectivity index (χ4n) is 2.70. The summed E-state index contributed by atoms with van der Waals surface area (Å²) in [5.41, 5.74) is 0.776. The smallest absolute Gasteiger partial charge is 0.319 e. The molecule has 1 aliphatic rings. The van der Waals surface area contributed by atoms with Gasteiger partial charge in [0.2, 0.25) is 0 Å². The normalized spacial score (nSPS) is 17.8. The molecule has 5 nitrogen and oxygen atoms in total. The number of rotatable bonds is 2. The van der Waals surface area contributed by atoms with E-state index in [1.807, 2.05) is 0 Å². The molecule has 0 spiro atoms. The molecule has 132 valence electrons. The maximum absolute atomic E-state index is 13.2. The highest BCUT2D eigenvalue weighted by atomic mass is 35.5. The molecule has 2 amide bonds. The third-order valence-corrected chi connectivity index (χ3v) is 6.32. The molecule has 9 heteroatoms. The second-order valence-corrected chi connectivity index (χ2v) is 8.50. The van der Waals surface area contributed by atoms with Gasteiger partial charge in [0.1, 0.15) is 5.82 Å². The number of fused-ring (bicyclic) bond motifs is 1. The van der Waals surface area contributed by atoms with E-state index in [1.165, 1.54) is 36.2 Å². The van der Waals surface area contributed by atoms with E-state index in [9.17, 15) is 17.6 Å². The van der Waals surface area contributed by atoms with Crippen molar-refractivity contribution < 1.29 is 17.6 Å². The Balaban J connectivity index is 1.86. The van der Waals surface area contributed by atoms with Gasteiger partial charge in [0.25, 0.3) is 0 Å². The molecule has 1 N–H and O–H groups in total. The van der Waals surface area contributed by atoms with Crippen LogP contribution >= 0.6 is 23.2 Å². The Labute approximate surface area is 154 Å². The summed E-state index contributed by atoms with van der Waals surface area (Å²) in [4.78, 5) is 13.9. The minimum Gasteiger partial charge on any atom is -0.319 e. The summed E-state index contributed by atoms with van der Waals surface area (Å²) >= 11 is 11.7. The second kappa shape index (κ2) is 6.48. The standard InChI is InChI=1S/C16H13Cl2FN2O3S/c1-21(16(22)20-10-3-4-13(19)12(18)7-10)14-8-25(23,24)15-5-2-9(17)6-11(14)15/h2-7,14H,8H2,1H3,(H,20,22). The van der Waals surface area contributed by atoms with Crippen LogP contribution in [-0.2, 0) is 9.84 Å². The lowest BCUT2D eigenvalue weighted by atomic mass is 10.1. The van der Waals surface area contributed by atoms with E-state index in [4.69, 9.17) is 23.2 Å². The maximum Gasteiger partial charge on any atom is 0.322 e. The summed E-state index contributed by atoms with van der Waals surface area (Å²) in [6.07, 6.45) is 0. The number of hydrogen-bond acceptors (Lipinski definition) is 3. The molecular formula is C16H13Cl2FN2O3S. The second-order valence-electron chi connectivity index (χ2n) is 5.65. The minimum atomic E-state index is -3.49. The molecule has 0 bridgehead atoms. The highest BCUT2D eigenvalue weighted by Crippen LogP contribution is 2.38. The van der Waals surface area contributed by atoms with Crippen molar-refractivity contribution in [3.63, 3.8) is 0 Å². The van der Waals surface area contributed by atoms with Crippen LogP contribution in [0.1, 0.15) is 11.6 Å². The number of carbonyl (C=O) groups excluding carboxylic acids is 1. The first-order valence-electron chi connectivity index (χ1n) is 7.20. The first-order valence-corrected chi connectivity index (χ1v) is 9.61. The van der Waals surface area contributed by atoms with E-state index in [1.54, 1.807) is 6.07 Å². The molecule has 0 aliphatic carbocycles. The summed E-state index contributed by atoms with van der Waals surface area (Å²) < 4.78 is 37.8. The third kappa shape index (κ3) is 3.44. The summed E-state index contributed by atoms with van der Waals surface area (Å²) in [7, 11) is -2.00. The summed E-state index contributed by atoms with van der Waals surface area (Å²) in [6.45, 7) is 0. The van der Waals surface area contributed by atoms with E-state index >= 15 is 0 Å². The molecule has 0 aromatic heterocycles. The lowest BCUT2D eigenvalue weighted by Gasteiger charge is -2.25. The zero-order chi connectivity index (χ0) is 18.4. The van der Waals surface area contributed by atoms with Crippen LogP contribution in [0.25, 0.3) is 0 Å². The highest BCUT2D eigenvalue weighted by molar-refractivity contribution is 7.91. The van der Waals surface area contributed by atoms with E-state index in [0.717, 1.165) is 6.07 Å². The molecule has 0 saturated carbocycles. The predicted octanol–water partition coefficient (Wildman–Crippen LogP) is 4.12. The fraction of sp³-hybridized carbons (Fsp3) is 0.188. The summed E-state index contributed by atoms with van der Waals surface area (Å²) in [5, 5.41) is 2.83. The molecule has 1 atom stereocenters. The van der Waals surface area contributed by atoms with Gasteiger partial charge < -0.3 is 10.2 Å². The number of hydrogen-bond donors (Lipinski definition) is 1. The van der Waals surface area contributed by atoms with E-state index < -0.39 is 27.7 Å². The van der Waals surface area contributed by atoms with Gasteiger partial charge in [0.15, 0.2) is 9.84 Å². The number of benzene rings is 2. The Morgan fingerprint density at radius 2 is 1.96 bits per heavy atom. The van der Waals surface area contributed by atoms with Crippen molar-refractivity contribution in [3.05, 3.63) is 57.8 Å². The highest BCUT2D eigenvalue weighted by Gasteiger charge is 2.38. The Hall–Kier alpha value is -1.83. The van der Waals surface area contributed by atoms with Crippen molar-refractivity contribution in [1.29, 1.82) is 0 Å². The van der Waals surface area contributed by atoms with Crippen LogP contribution in [0.5, 0.6) is 0 Å². The van der Waals surface area contributed by atoms with Crippen molar-refractivity contribution in [3.8, 4) is 0 Å². The predicted molar refractivity (Wildman–Crippen MR) is 94.4 cm³/mol. The monoisotopic (exact) mass is 402 g/mol. The Morgan fingerprint density at radius 3 is 2.64 bits per heavy atom. The molecular weight excluding hydrogens is 390 g/mol. The minimum absolute atomic E-state index is 0.124. The van der Waals surface area contributed by atoms with E-state index in [2.05, 4.69) is 5.32 Å². The lowest BCUT2D eigenvalue weighted by molar-refractivity contribution is 0.209. The average Bonchev–Trinajstić information content (AvgIpc) is 2.81. The van der Waals surface area contributed by atoms with Gasteiger partial charge in [-0.3, -0.25) is 0 Å². The number of sulfone groups is 1. The van der Waals surface area contributed by atoms with E-state index in [0.29, 0.717) is 16.3 Å². The topological polar surface area (TPSA) is 66.5 Å². The lowest BCUT2D eigenvalue weighted by Crippen LogP contribution is -2.35. The van der Waals surface area contributed by atoms with Crippen LogP contribution in [0.15, 0.2) is 41.3 Å².